The fourth-order valence-electron chi connectivity index (χ4n) is 3.79. The number of methoxy groups -OCH3 is 1. The van der Waals surface area contributed by atoms with E-state index in [-0.39, 0.29) is 11.7 Å². The molecular weight excluding hydrogens is 342 g/mol. The Morgan fingerprint density at radius 2 is 1.41 bits per heavy atom. The molecule has 1 amide bonds. The Kier molecular flexibility index (Phi) is 4.42. The van der Waals surface area contributed by atoms with Crippen LogP contribution >= 0.6 is 0 Å². The summed E-state index contributed by atoms with van der Waals surface area (Å²) in [5.74, 6) is -0.560. The van der Waals surface area contributed by atoms with Crippen molar-refractivity contribution < 1.29 is 19.1 Å². The Morgan fingerprint density at radius 3 is 2.00 bits per heavy atom. The summed E-state index contributed by atoms with van der Waals surface area (Å²) in [5.41, 5.74) is 2.25. The first-order chi connectivity index (χ1) is 12.6. The largest absolute Gasteiger partial charge is 0.465 e. The number of benzene rings is 2. The third kappa shape index (κ3) is 3.03. The van der Waals surface area contributed by atoms with Crippen LogP contribution in [-0.2, 0) is 20.4 Å². The van der Waals surface area contributed by atoms with E-state index in [0.717, 1.165) is 11.1 Å². The van der Waals surface area contributed by atoms with Gasteiger partial charge in [-0.2, -0.15) is 0 Å². The summed E-state index contributed by atoms with van der Waals surface area (Å²) in [6.07, 6.45) is 0. The standard InChI is InChI=1S/C22H23NO4/c1-21(2)16-11-10-15(12-17(16)22(3,4)20(21)26)23-18(24)13-6-8-14(9-7-13)19(25)27-5/h6-12H,1-5H3,(H,23,24). The molecule has 3 rings (SSSR count). The number of hydrogen-bond donors (Lipinski definition) is 1. The number of ether oxygens (including phenoxy) is 1. The molecule has 0 unspecified atom stereocenters. The average Bonchev–Trinajstić information content (AvgIpc) is 2.78. The number of anilines is 1. The SMILES string of the molecule is COC(=O)c1ccc(C(=O)Nc2ccc3c(c2)C(C)(C)C(=O)C3(C)C)cc1. The van der Waals surface area contributed by atoms with Crippen LogP contribution in [0.2, 0.25) is 0 Å². The molecule has 0 radical (unpaired) electrons. The lowest BCUT2D eigenvalue weighted by molar-refractivity contribution is -0.126. The van der Waals surface area contributed by atoms with Crippen LogP contribution in [0, 0.1) is 0 Å². The van der Waals surface area contributed by atoms with E-state index >= 15 is 0 Å². The highest BCUT2D eigenvalue weighted by Gasteiger charge is 2.50. The van der Waals surface area contributed by atoms with Crippen LogP contribution in [0.4, 0.5) is 5.69 Å². The average molecular weight is 365 g/mol. The number of fused-ring (bicyclic) bond motifs is 1. The molecule has 140 valence electrons. The Balaban J connectivity index is 1.85. The Morgan fingerprint density at radius 1 is 0.852 bits per heavy atom. The van der Waals surface area contributed by atoms with Crippen LogP contribution in [0.15, 0.2) is 42.5 Å². The van der Waals surface area contributed by atoms with Crippen molar-refractivity contribution in [1.82, 2.24) is 0 Å². The lowest BCUT2D eigenvalue weighted by Crippen LogP contribution is -2.33. The summed E-state index contributed by atoms with van der Waals surface area (Å²) < 4.78 is 4.65. The number of amides is 1. The highest BCUT2D eigenvalue weighted by Crippen LogP contribution is 2.47. The predicted molar refractivity (Wildman–Crippen MR) is 103 cm³/mol. The van der Waals surface area contributed by atoms with Gasteiger partial charge in [-0.3, -0.25) is 9.59 Å². The van der Waals surface area contributed by atoms with Gasteiger partial charge in [0.2, 0.25) is 0 Å². The molecule has 27 heavy (non-hydrogen) atoms. The van der Waals surface area contributed by atoms with Gasteiger partial charge in [0.05, 0.1) is 12.7 Å². The summed E-state index contributed by atoms with van der Waals surface area (Å²) in [6.45, 7) is 7.70. The number of esters is 1. The van der Waals surface area contributed by atoms with Gasteiger partial charge < -0.3 is 10.1 Å². The maximum absolute atomic E-state index is 12.7. The molecule has 5 nitrogen and oxygen atoms in total. The van der Waals surface area contributed by atoms with Gasteiger partial charge >= 0.3 is 5.97 Å². The maximum atomic E-state index is 12.7. The molecule has 2 aromatic rings. The van der Waals surface area contributed by atoms with Crippen molar-refractivity contribution in [2.45, 2.75) is 38.5 Å². The van der Waals surface area contributed by atoms with Gasteiger partial charge in [-0.25, -0.2) is 4.79 Å². The zero-order chi connectivity index (χ0) is 20.0. The van der Waals surface area contributed by atoms with Crippen molar-refractivity contribution >= 4 is 23.3 Å². The number of Topliss-reactive ketones (excluding diaryl/α,β-unsaturated/α-hetero) is 1. The number of hydrogen-bond acceptors (Lipinski definition) is 4. The fourth-order valence-corrected chi connectivity index (χ4v) is 3.79. The van der Waals surface area contributed by atoms with E-state index in [4.69, 9.17) is 0 Å². The van der Waals surface area contributed by atoms with Crippen LogP contribution in [0.25, 0.3) is 0 Å². The zero-order valence-electron chi connectivity index (χ0n) is 16.2. The topological polar surface area (TPSA) is 72.5 Å². The predicted octanol–water partition coefficient (Wildman–Crippen LogP) is 3.86. The summed E-state index contributed by atoms with van der Waals surface area (Å²) >= 11 is 0. The number of carbonyl (C=O) groups is 3. The summed E-state index contributed by atoms with van der Waals surface area (Å²) in [7, 11) is 1.31. The molecular formula is C22H23NO4. The highest BCUT2D eigenvalue weighted by molar-refractivity contribution is 6.06. The van der Waals surface area contributed by atoms with Gasteiger partial charge in [-0.15, -0.1) is 0 Å². The molecule has 0 aromatic heterocycles. The molecule has 0 atom stereocenters. The molecule has 0 aliphatic heterocycles. The monoisotopic (exact) mass is 365 g/mol. The third-order valence-electron chi connectivity index (χ3n) is 5.33. The van der Waals surface area contributed by atoms with Crippen molar-refractivity contribution in [3.63, 3.8) is 0 Å². The smallest absolute Gasteiger partial charge is 0.337 e. The van der Waals surface area contributed by atoms with Crippen molar-refractivity contribution in [2.24, 2.45) is 0 Å². The molecule has 1 aliphatic rings. The third-order valence-corrected chi connectivity index (χ3v) is 5.33. The minimum absolute atomic E-state index is 0.173. The van der Waals surface area contributed by atoms with Gasteiger partial charge in [-0.05, 0) is 75.2 Å². The molecule has 0 heterocycles. The van der Waals surface area contributed by atoms with Gasteiger partial charge in [0.25, 0.3) is 5.91 Å². The van der Waals surface area contributed by atoms with Crippen LogP contribution < -0.4 is 5.32 Å². The van der Waals surface area contributed by atoms with Crippen LogP contribution in [0.1, 0.15) is 59.5 Å². The second kappa shape index (κ2) is 6.34. The number of nitrogens with one attached hydrogen (secondary N) is 1. The van der Waals surface area contributed by atoms with Gasteiger partial charge in [-0.1, -0.05) is 6.07 Å². The fraction of sp³-hybridized carbons (Fsp3) is 0.318. The van der Waals surface area contributed by atoms with E-state index in [9.17, 15) is 14.4 Å². The van der Waals surface area contributed by atoms with Gasteiger partial charge in [0, 0.05) is 22.1 Å². The Hall–Kier alpha value is -2.95. The van der Waals surface area contributed by atoms with E-state index in [0.29, 0.717) is 16.8 Å². The maximum Gasteiger partial charge on any atom is 0.337 e. The van der Waals surface area contributed by atoms with E-state index in [1.165, 1.54) is 7.11 Å². The van der Waals surface area contributed by atoms with Crippen molar-refractivity contribution in [3.8, 4) is 0 Å². The Bertz CT molecular complexity index is 939. The molecule has 0 bridgehead atoms. The molecule has 5 heteroatoms. The molecule has 0 saturated carbocycles. The second-order valence-electron chi connectivity index (χ2n) is 7.86. The molecule has 0 saturated heterocycles. The molecule has 0 spiro atoms. The van der Waals surface area contributed by atoms with E-state index in [2.05, 4.69) is 10.1 Å². The molecule has 2 aromatic carbocycles. The van der Waals surface area contributed by atoms with Crippen molar-refractivity contribution in [2.75, 3.05) is 12.4 Å². The van der Waals surface area contributed by atoms with E-state index in [1.54, 1.807) is 24.3 Å². The number of ketones is 1. The first-order valence-electron chi connectivity index (χ1n) is 8.78. The van der Waals surface area contributed by atoms with Crippen LogP contribution in [0.3, 0.4) is 0 Å². The molecule has 0 fully saturated rings. The summed E-state index contributed by atoms with van der Waals surface area (Å²) in [6, 6.07) is 11.9. The normalized spacial score (nSPS) is 16.6. The van der Waals surface area contributed by atoms with E-state index < -0.39 is 16.8 Å². The first-order valence-corrected chi connectivity index (χ1v) is 8.78. The first kappa shape index (κ1) is 18.8. The summed E-state index contributed by atoms with van der Waals surface area (Å²) in [5, 5.41) is 2.86. The number of carbonyl (C=O) groups excluding carboxylic acids is 3. The van der Waals surface area contributed by atoms with Crippen molar-refractivity contribution in [3.05, 3.63) is 64.7 Å². The van der Waals surface area contributed by atoms with Crippen LogP contribution in [-0.4, -0.2) is 24.8 Å². The van der Waals surface area contributed by atoms with Crippen LogP contribution in [0.5, 0.6) is 0 Å². The van der Waals surface area contributed by atoms with E-state index in [1.807, 2.05) is 45.9 Å². The summed E-state index contributed by atoms with van der Waals surface area (Å²) in [4.78, 5) is 36.8. The van der Waals surface area contributed by atoms with Gasteiger partial charge in [0.15, 0.2) is 5.78 Å². The second-order valence-corrected chi connectivity index (χ2v) is 7.86. The highest BCUT2D eigenvalue weighted by atomic mass is 16.5. The molecule has 1 N–H and O–H groups in total. The minimum Gasteiger partial charge on any atom is -0.465 e. The lowest BCUT2D eigenvalue weighted by atomic mass is 9.80. The quantitative estimate of drug-likeness (QED) is 0.838. The zero-order valence-corrected chi connectivity index (χ0v) is 16.2. The minimum atomic E-state index is -0.596. The number of rotatable bonds is 3. The Labute approximate surface area is 158 Å². The van der Waals surface area contributed by atoms with Gasteiger partial charge in [0.1, 0.15) is 0 Å². The molecule has 1 aliphatic carbocycles. The lowest BCUT2D eigenvalue weighted by Gasteiger charge is -2.21. The van der Waals surface area contributed by atoms with Crippen molar-refractivity contribution in [1.29, 1.82) is 0 Å².